The lowest BCUT2D eigenvalue weighted by atomic mass is 10.1. The zero-order chi connectivity index (χ0) is 21.5. The van der Waals surface area contributed by atoms with Gasteiger partial charge in [0.25, 0.3) is 0 Å². The largest absolute Gasteiger partial charge is 0.497 e. The number of nitrogens with zero attached hydrogens (tertiary/aromatic N) is 3. The van der Waals surface area contributed by atoms with Crippen LogP contribution in [0.1, 0.15) is 11.3 Å². The quantitative estimate of drug-likeness (QED) is 0.260. The Labute approximate surface area is 185 Å². The number of benzene rings is 2. The predicted octanol–water partition coefficient (Wildman–Crippen LogP) is 4.14. The van der Waals surface area contributed by atoms with Crippen LogP contribution in [0.2, 0.25) is 0 Å². The first-order valence-electron chi connectivity index (χ1n) is 9.62. The maximum absolute atomic E-state index is 5.28. The molecule has 4 rings (SSSR count). The van der Waals surface area contributed by atoms with Gasteiger partial charge in [0.1, 0.15) is 17.2 Å². The van der Waals surface area contributed by atoms with Gasteiger partial charge in [0.15, 0.2) is 5.11 Å². The van der Waals surface area contributed by atoms with E-state index in [0.717, 1.165) is 34.0 Å². The zero-order valence-electron chi connectivity index (χ0n) is 16.9. The predicted molar refractivity (Wildman–Crippen MR) is 124 cm³/mol. The van der Waals surface area contributed by atoms with Gasteiger partial charge in [-0.3, -0.25) is 5.43 Å². The number of rotatable bonds is 7. The highest BCUT2D eigenvalue weighted by atomic mass is 32.1. The summed E-state index contributed by atoms with van der Waals surface area (Å²) < 4.78 is 12.4. The molecule has 156 valence electrons. The van der Waals surface area contributed by atoms with Crippen LogP contribution < -0.4 is 15.5 Å². The highest BCUT2D eigenvalue weighted by molar-refractivity contribution is 7.80. The molecule has 31 heavy (non-hydrogen) atoms. The van der Waals surface area contributed by atoms with Crippen LogP contribution in [0, 0.1) is 0 Å². The van der Waals surface area contributed by atoms with Crippen molar-refractivity contribution in [2.75, 3.05) is 7.11 Å². The average Bonchev–Trinajstić information content (AvgIpc) is 3.49. The number of furan rings is 1. The van der Waals surface area contributed by atoms with Crippen LogP contribution in [0.15, 0.2) is 88.7 Å². The Morgan fingerprint density at radius 1 is 1.13 bits per heavy atom. The first-order valence-corrected chi connectivity index (χ1v) is 10.0. The van der Waals surface area contributed by atoms with Gasteiger partial charge in [0.05, 0.1) is 31.8 Å². The number of nitrogens with one attached hydrogen (secondary N) is 2. The van der Waals surface area contributed by atoms with E-state index in [-0.39, 0.29) is 0 Å². The molecule has 0 atom stereocenters. The van der Waals surface area contributed by atoms with Gasteiger partial charge in [-0.2, -0.15) is 10.2 Å². The van der Waals surface area contributed by atoms with Crippen molar-refractivity contribution in [3.8, 4) is 22.7 Å². The molecule has 2 N–H and O–H groups in total. The van der Waals surface area contributed by atoms with Crippen LogP contribution in [0.5, 0.6) is 5.75 Å². The van der Waals surface area contributed by atoms with Crippen LogP contribution in [0.4, 0.5) is 0 Å². The van der Waals surface area contributed by atoms with Crippen molar-refractivity contribution in [3.05, 3.63) is 90.5 Å². The topological polar surface area (TPSA) is 76.6 Å². The lowest BCUT2D eigenvalue weighted by Gasteiger charge is -2.05. The summed E-state index contributed by atoms with van der Waals surface area (Å²) in [5.41, 5.74) is 6.38. The minimum absolute atomic E-state index is 0.397. The lowest BCUT2D eigenvalue weighted by Crippen LogP contribution is -2.31. The molecule has 0 saturated heterocycles. The monoisotopic (exact) mass is 431 g/mol. The molecule has 2 aromatic heterocycles. The van der Waals surface area contributed by atoms with Gasteiger partial charge in [-0.25, -0.2) is 4.68 Å². The Morgan fingerprint density at radius 2 is 1.94 bits per heavy atom. The van der Waals surface area contributed by atoms with E-state index >= 15 is 0 Å². The second-order valence-electron chi connectivity index (χ2n) is 6.57. The Hall–Kier alpha value is -3.91. The van der Waals surface area contributed by atoms with Gasteiger partial charge < -0.3 is 14.5 Å². The maximum atomic E-state index is 5.28. The van der Waals surface area contributed by atoms with E-state index in [9.17, 15) is 0 Å². The molecule has 0 saturated carbocycles. The van der Waals surface area contributed by atoms with Crippen molar-refractivity contribution in [3.63, 3.8) is 0 Å². The molecule has 8 heteroatoms. The first kappa shape index (κ1) is 20.4. The van der Waals surface area contributed by atoms with Gasteiger partial charge in [0.2, 0.25) is 0 Å². The van der Waals surface area contributed by atoms with Gasteiger partial charge in [-0.05, 0) is 60.7 Å². The van der Waals surface area contributed by atoms with E-state index in [2.05, 4.69) is 15.8 Å². The van der Waals surface area contributed by atoms with E-state index in [0.29, 0.717) is 11.7 Å². The van der Waals surface area contributed by atoms with Crippen molar-refractivity contribution in [2.45, 2.75) is 6.54 Å². The summed E-state index contributed by atoms with van der Waals surface area (Å²) in [6.45, 7) is 0.484. The van der Waals surface area contributed by atoms with Crippen molar-refractivity contribution in [2.24, 2.45) is 5.10 Å². The summed E-state index contributed by atoms with van der Waals surface area (Å²) in [7, 11) is 1.64. The molecule has 0 bridgehead atoms. The Kier molecular flexibility index (Phi) is 6.39. The first-order chi connectivity index (χ1) is 15.2. The van der Waals surface area contributed by atoms with E-state index < -0.39 is 0 Å². The molecule has 4 aromatic rings. The Balaban J connectivity index is 1.53. The summed E-state index contributed by atoms with van der Waals surface area (Å²) >= 11 is 5.27. The summed E-state index contributed by atoms with van der Waals surface area (Å²) in [5.74, 6) is 1.58. The molecular formula is C23H21N5O2S. The maximum Gasteiger partial charge on any atom is 0.187 e. The molecule has 0 amide bonds. The number of para-hydroxylation sites is 1. The third-order valence-corrected chi connectivity index (χ3v) is 4.74. The number of aromatic nitrogens is 2. The van der Waals surface area contributed by atoms with E-state index in [1.54, 1.807) is 19.6 Å². The number of methoxy groups -OCH3 is 1. The normalized spacial score (nSPS) is 10.9. The van der Waals surface area contributed by atoms with Crippen molar-refractivity contribution in [1.29, 1.82) is 0 Å². The Bertz CT molecular complexity index is 1150. The molecule has 0 unspecified atom stereocenters. The summed E-state index contributed by atoms with van der Waals surface area (Å²) in [6.07, 6.45) is 5.25. The van der Waals surface area contributed by atoms with Gasteiger partial charge in [-0.1, -0.05) is 18.2 Å². The smallest absolute Gasteiger partial charge is 0.187 e. The van der Waals surface area contributed by atoms with Gasteiger partial charge in [-0.15, -0.1) is 0 Å². The molecule has 0 fully saturated rings. The molecule has 0 aliphatic rings. The fourth-order valence-electron chi connectivity index (χ4n) is 2.95. The molecule has 0 radical (unpaired) electrons. The van der Waals surface area contributed by atoms with Crippen LogP contribution in [-0.4, -0.2) is 28.2 Å². The lowest BCUT2D eigenvalue weighted by molar-refractivity contribution is 0.415. The zero-order valence-corrected chi connectivity index (χ0v) is 17.7. The third-order valence-electron chi connectivity index (χ3n) is 4.50. The highest BCUT2D eigenvalue weighted by Crippen LogP contribution is 2.25. The molecule has 2 heterocycles. The standard InChI is InChI=1S/C23H21N5O2S/c1-29-20-11-9-17(10-12-20)22-18(16-28(27-22)19-6-3-2-4-7-19)14-25-26-23(31)24-15-21-8-5-13-30-21/h2-14,16H,15H2,1H3,(H2,24,26,31). The SMILES string of the molecule is COc1ccc(-c2nn(-c3ccccc3)cc2C=NNC(=S)NCc2ccco2)cc1. The molecule has 2 aromatic carbocycles. The molecule has 7 nitrogen and oxygen atoms in total. The Morgan fingerprint density at radius 3 is 2.65 bits per heavy atom. The molecule has 0 aliphatic heterocycles. The minimum Gasteiger partial charge on any atom is -0.497 e. The second-order valence-corrected chi connectivity index (χ2v) is 6.98. The second kappa shape index (κ2) is 9.73. The van der Waals surface area contributed by atoms with Crippen molar-refractivity contribution < 1.29 is 9.15 Å². The number of thiocarbonyl (C=S) groups is 1. The molecular weight excluding hydrogens is 410 g/mol. The number of hydrogen-bond acceptors (Lipinski definition) is 5. The van der Waals surface area contributed by atoms with Crippen LogP contribution >= 0.6 is 12.2 Å². The highest BCUT2D eigenvalue weighted by Gasteiger charge is 2.11. The fourth-order valence-corrected chi connectivity index (χ4v) is 3.07. The molecule has 0 aliphatic carbocycles. The minimum atomic E-state index is 0.397. The third kappa shape index (κ3) is 5.18. The average molecular weight is 432 g/mol. The number of hydrogen-bond donors (Lipinski definition) is 2. The van der Waals surface area contributed by atoms with Crippen LogP contribution in [0.25, 0.3) is 16.9 Å². The molecule has 0 spiro atoms. The summed E-state index contributed by atoms with van der Waals surface area (Å²) in [6, 6.07) is 21.4. The van der Waals surface area contributed by atoms with E-state index in [4.69, 9.17) is 26.5 Å². The van der Waals surface area contributed by atoms with Gasteiger partial charge in [0, 0.05) is 17.3 Å². The van der Waals surface area contributed by atoms with Crippen LogP contribution in [-0.2, 0) is 6.54 Å². The van der Waals surface area contributed by atoms with Gasteiger partial charge >= 0.3 is 0 Å². The fraction of sp³-hybridized carbons (Fsp3) is 0.0870. The van der Waals surface area contributed by atoms with E-state index in [1.165, 1.54) is 0 Å². The van der Waals surface area contributed by atoms with Crippen molar-refractivity contribution >= 4 is 23.5 Å². The number of hydrazone groups is 1. The number of ether oxygens (including phenoxy) is 1. The van der Waals surface area contributed by atoms with E-state index in [1.807, 2.05) is 77.6 Å². The summed E-state index contributed by atoms with van der Waals surface area (Å²) in [5, 5.41) is 12.5. The van der Waals surface area contributed by atoms with Crippen molar-refractivity contribution in [1.82, 2.24) is 20.5 Å². The van der Waals surface area contributed by atoms with Crippen LogP contribution in [0.3, 0.4) is 0 Å². The summed E-state index contributed by atoms with van der Waals surface area (Å²) in [4.78, 5) is 0.